The Bertz CT molecular complexity index is 522. The standard InChI is InChI=1S/C11H10BrN3O2/c1-17-9-4-2-8(3-5-9)6-15-11(12)13-10(7-16)14-15/h2-5,7H,6H2,1H3. The van der Waals surface area contributed by atoms with Crippen LogP contribution in [0.5, 0.6) is 5.75 Å². The van der Waals surface area contributed by atoms with Crippen LogP contribution >= 0.6 is 15.9 Å². The first kappa shape index (κ1) is 11.8. The minimum absolute atomic E-state index is 0.172. The topological polar surface area (TPSA) is 57.0 Å². The molecule has 0 spiro atoms. The molecule has 0 fully saturated rings. The van der Waals surface area contributed by atoms with Crippen molar-refractivity contribution in [3.63, 3.8) is 0 Å². The normalized spacial score (nSPS) is 10.2. The van der Waals surface area contributed by atoms with E-state index in [0.29, 0.717) is 17.6 Å². The van der Waals surface area contributed by atoms with Crippen molar-refractivity contribution in [2.24, 2.45) is 0 Å². The van der Waals surface area contributed by atoms with Crippen LogP contribution in [-0.2, 0) is 6.54 Å². The van der Waals surface area contributed by atoms with Crippen molar-refractivity contribution in [2.45, 2.75) is 6.54 Å². The van der Waals surface area contributed by atoms with Crippen molar-refractivity contribution >= 4 is 22.2 Å². The average Bonchev–Trinajstić information content (AvgIpc) is 2.71. The van der Waals surface area contributed by atoms with Gasteiger partial charge in [-0.25, -0.2) is 4.68 Å². The molecule has 2 rings (SSSR count). The molecule has 1 heterocycles. The highest BCUT2D eigenvalue weighted by Crippen LogP contribution is 2.14. The third kappa shape index (κ3) is 2.71. The van der Waals surface area contributed by atoms with E-state index in [4.69, 9.17) is 4.74 Å². The van der Waals surface area contributed by atoms with E-state index < -0.39 is 0 Å². The molecule has 0 saturated heterocycles. The van der Waals surface area contributed by atoms with Gasteiger partial charge in [-0.05, 0) is 33.6 Å². The first-order valence-corrected chi connectivity index (χ1v) is 5.70. The van der Waals surface area contributed by atoms with Gasteiger partial charge in [-0.15, -0.1) is 5.10 Å². The Morgan fingerprint density at radius 3 is 2.65 bits per heavy atom. The van der Waals surface area contributed by atoms with Gasteiger partial charge in [-0.2, -0.15) is 4.98 Å². The summed E-state index contributed by atoms with van der Waals surface area (Å²) in [5.74, 6) is 0.977. The van der Waals surface area contributed by atoms with Gasteiger partial charge in [0, 0.05) is 0 Å². The van der Waals surface area contributed by atoms with Gasteiger partial charge in [-0.3, -0.25) is 4.79 Å². The number of ether oxygens (including phenoxy) is 1. The molecule has 17 heavy (non-hydrogen) atoms. The Kier molecular flexibility index (Phi) is 3.53. The molecule has 5 nitrogen and oxygen atoms in total. The van der Waals surface area contributed by atoms with Crippen LogP contribution in [0.25, 0.3) is 0 Å². The number of hydrogen-bond donors (Lipinski definition) is 0. The summed E-state index contributed by atoms with van der Waals surface area (Å²) >= 11 is 3.25. The molecule has 0 radical (unpaired) electrons. The zero-order valence-electron chi connectivity index (χ0n) is 9.13. The van der Waals surface area contributed by atoms with Crippen LogP contribution < -0.4 is 4.74 Å². The summed E-state index contributed by atoms with van der Waals surface area (Å²) in [4.78, 5) is 14.5. The summed E-state index contributed by atoms with van der Waals surface area (Å²) in [5.41, 5.74) is 1.05. The highest BCUT2D eigenvalue weighted by atomic mass is 79.9. The van der Waals surface area contributed by atoms with Crippen molar-refractivity contribution in [2.75, 3.05) is 7.11 Å². The van der Waals surface area contributed by atoms with E-state index in [1.807, 2.05) is 24.3 Å². The Balaban J connectivity index is 2.18. The van der Waals surface area contributed by atoms with E-state index in [2.05, 4.69) is 26.0 Å². The second kappa shape index (κ2) is 5.09. The first-order chi connectivity index (χ1) is 8.22. The molecule has 1 aromatic carbocycles. The predicted octanol–water partition coefficient (Wildman–Crippen LogP) is 1.91. The number of aromatic nitrogens is 3. The Morgan fingerprint density at radius 2 is 2.12 bits per heavy atom. The third-order valence-electron chi connectivity index (χ3n) is 2.24. The van der Waals surface area contributed by atoms with Gasteiger partial charge in [0.15, 0.2) is 11.0 Å². The largest absolute Gasteiger partial charge is 0.497 e. The van der Waals surface area contributed by atoms with Crippen LogP contribution in [0.1, 0.15) is 16.2 Å². The van der Waals surface area contributed by atoms with Gasteiger partial charge >= 0.3 is 0 Å². The minimum Gasteiger partial charge on any atom is -0.497 e. The number of carbonyl (C=O) groups excluding carboxylic acids is 1. The average molecular weight is 296 g/mol. The molecular formula is C11H10BrN3O2. The monoisotopic (exact) mass is 295 g/mol. The number of aldehydes is 1. The Morgan fingerprint density at radius 1 is 1.41 bits per heavy atom. The fraction of sp³-hybridized carbons (Fsp3) is 0.182. The van der Waals surface area contributed by atoms with Crippen molar-refractivity contribution in [3.05, 3.63) is 40.4 Å². The summed E-state index contributed by atoms with van der Waals surface area (Å²) < 4.78 is 7.23. The zero-order valence-corrected chi connectivity index (χ0v) is 10.7. The van der Waals surface area contributed by atoms with Gasteiger partial charge < -0.3 is 4.74 Å². The molecule has 2 aromatic rings. The number of benzene rings is 1. The van der Waals surface area contributed by atoms with Crippen LogP contribution in [0.2, 0.25) is 0 Å². The summed E-state index contributed by atoms with van der Waals surface area (Å²) in [6, 6.07) is 7.63. The number of methoxy groups -OCH3 is 1. The molecular weight excluding hydrogens is 286 g/mol. The molecule has 0 N–H and O–H groups in total. The van der Waals surface area contributed by atoms with Crippen molar-refractivity contribution in [1.29, 1.82) is 0 Å². The summed E-state index contributed by atoms with van der Waals surface area (Å²) in [6.45, 7) is 0.547. The molecule has 0 unspecified atom stereocenters. The van der Waals surface area contributed by atoms with E-state index in [9.17, 15) is 4.79 Å². The fourth-order valence-electron chi connectivity index (χ4n) is 1.39. The zero-order chi connectivity index (χ0) is 12.3. The molecule has 0 bridgehead atoms. The summed E-state index contributed by atoms with van der Waals surface area (Å²) in [7, 11) is 1.62. The number of nitrogens with zero attached hydrogens (tertiary/aromatic N) is 3. The predicted molar refractivity (Wildman–Crippen MR) is 65.2 cm³/mol. The highest BCUT2D eigenvalue weighted by molar-refractivity contribution is 9.10. The quantitative estimate of drug-likeness (QED) is 0.809. The molecule has 0 amide bonds. The highest BCUT2D eigenvalue weighted by Gasteiger charge is 2.06. The van der Waals surface area contributed by atoms with Crippen LogP contribution in [0, 0.1) is 0 Å². The SMILES string of the molecule is COc1ccc(Cn2nc(C=O)nc2Br)cc1. The van der Waals surface area contributed by atoms with Gasteiger partial charge in [0.2, 0.25) is 5.82 Å². The number of rotatable bonds is 4. The lowest BCUT2D eigenvalue weighted by molar-refractivity contribution is 0.111. The molecule has 1 aromatic heterocycles. The molecule has 0 aliphatic heterocycles. The molecule has 0 saturated carbocycles. The first-order valence-electron chi connectivity index (χ1n) is 4.91. The van der Waals surface area contributed by atoms with Crippen molar-refractivity contribution in [3.8, 4) is 5.75 Å². The summed E-state index contributed by atoms with van der Waals surface area (Å²) in [5, 5.41) is 4.03. The van der Waals surface area contributed by atoms with Gasteiger partial charge in [0.1, 0.15) is 5.75 Å². The maximum Gasteiger partial charge on any atom is 0.215 e. The van der Waals surface area contributed by atoms with Crippen LogP contribution in [0.3, 0.4) is 0 Å². The second-order valence-electron chi connectivity index (χ2n) is 3.36. The van der Waals surface area contributed by atoms with E-state index in [1.54, 1.807) is 11.8 Å². The van der Waals surface area contributed by atoms with Crippen molar-refractivity contribution < 1.29 is 9.53 Å². The van der Waals surface area contributed by atoms with Crippen LogP contribution in [-0.4, -0.2) is 28.2 Å². The van der Waals surface area contributed by atoms with E-state index >= 15 is 0 Å². The van der Waals surface area contributed by atoms with E-state index in [1.165, 1.54) is 0 Å². The maximum absolute atomic E-state index is 10.5. The lowest BCUT2D eigenvalue weighted by Crippen LogP contribution is -2.02. The number of halogens is 1. The van der Waals surface area contributed by atoms with Crippen LogP contribution in [0.4, 0.5) is 0 Å². The van der Waals surface area contributed by atoms with E-state index in [0.717, 1.165) is 11.3 Å². The molecule has 0 atom stereocenters. The van der Waals surface area contributed by atoms with Gasteiger partial charge in [0.05, 0.1) is 13.7 Å². The van der Waals surface area contributed by atoms with Gasteiger partial charge in [0.25, 0.3) is 0 Å². The Hall–Kier alpha value is -1.69. The summed E-state index contributed by atoms with van der Waals surface area (Å²) in [6.07, 6.45) is 0.620. The van der Waals surface area contributed by atoms with Crippen molar-refractivity contribution in [1.82, 2.24) is 14.8 Å². The minimum atomic E-state index is 0.172. The fourth-order valence-corrected chi connectivity index (χ4v) is 1.78. The van der Waals surface area contributed by atoms with E-state index in [-0.39, 0.29) is 5.82 Å². The molecule has 0 aliphatic rings. The second-order valence-corrected chi connectivity index (χ2v) is 4.07. The molecule has 0 aliphatic carbocycles. The number of hydrogen-bond acceptors (Lipinski definition) is 4. The molecule has 6 heteroatoms. The Labute approximate surface area is 107 Å². The van der Waals surface area contributed by atoms with Crippen LogP contribution in [0.15, 0.2) is 29.0 Å². The smallest absolute Gasteiger partial charge is 0.215 e. The third-order valence-corrected chi connectivity index (χ3v) is 2.83. The molecule has 88 valence electrons. The lowest BCUT2D eigenvalue weighted by atomic mass is 10.2. The van der Waals surface area contributed by atoms with Gasteiger partial charge in [-0.1, -0.05) is 12.1 Å². The number of carbonyl (C=O) groups is 1. The lowest BCUT2D eigenvalue weighted by Gasteiger charge is -2.04. The maximum atomic E-state index is 10.5.